The van der Waals surface area contributed by atoms with Crippen LogP contribution in [0, 0.1) is 11.7 Å². The highest BCUT2D eigenvalue weighted by Gasteiger charge is 2.25. The summed E-state index contributed by atoms with van der Waals surface area (Å²) in [6.07, 6.45) is 2.83. The van der Waals surface area contributed by atoms with Crippen LogP contribution in [-0.2, 0) is 6.54 Å². The molecule has 19 heavy (non-hydrogen) atoms. The van der Waals surface area contributed by atoms with Crippen LogP contribution in [0.25, 0.3) is 0 Å². The fraction of sp³-hybridized carbons (Fsp3) is 0.600. The summed E-state index contributed by atoms with van der Waals surface area (Å²) in [5, 5.41) is 8.91. The molecule has 0 spiro atoms. The fourth-order valence-corrected chi connectivity index (χ4v) is 2.93. The molecule has 1 heterocycles. The Hall–Kier alpha value is -0.970. The van der Waals surface area contributed by atoms with Crippen LogP contribution in [0.4, 0.5) is 4.39 Å². The molecule has 0 amide bonds. The molecule has 2 rings (SSSR count). The first kappa shape index (κ1) is 14.4. The number of rotatable bonds is 5. The summed E-state index contributed by atoms with van der Waals surface area (Å²) in [4.78, 5) is 2.23. The van der Waals surface area contributed by atoms with Crippen molar-refractivity contribution < 1.29 is 9.50 Å². The first-order valence-electron chi connectivity index (χ1n) is 7.01. The maximum atomic E-state index is 13.7. The topological polar surface area (TPSA) is 49.5 Å². The monoisotopic (exact) mass is 266 g/mol. The van der Waals surface area contributed by atoms with Gasteiger partial charge in [0.2, 0.25) is 0 Å². The highest BCUT2D eigenvalue weighted by molar-refractivity contribution is 5.17. The van der Waals surface area contributed by atoms with Crippen LogP contribution in [0.15, 0.2) is 24.3 Å². The Bertz CT molecular complexity index is 399. The highest BCUT2D eigenvalue weighted by atomic mass is 19.1. The van der Waals surface area contributed by atoms with E-state index in [1.54, 1.807) is 6.07 Å². The second kappa shape index (κ2) is 6.98. The summed E-state index contributed by atoms with van der Waals surface area (Å²) in [5.74, 6) is 0.372. The van der Waals surface area contributed by atoms with Gasteiger partial charge in [0.05, 0.1) is 0 Å². The number of piperidine rings is 1. The van der Waals surface area contributed by atoms with Gasteiger partial charge in [0.25, 0.3) is 0 Å². The summed E-state index contributed by atoms with van der Waals surface area (Å²) in [7, 11) is 0. The van der Waals surface area contributed by atoms with Gasteiger partial charge in [-0.3, -0.25) is 4.90 Å². The van der Waals surface area contributed by atoms with Gasteiger partial charge in [0.1, 0.15) is 5.82 Å². The summed E-state index contributed by atoms with van der Waals surface area (Å²) >= 11 is 0. The van der Waals surface area contributed by atoms with Gasteiger partial charge >= 0.3 is 0 Å². The van der Waals surface area contributed by atoms with Gasteiger partial charge in [-0.05, 0) is 31.2 Å². The van der Waals surface area contributed by atoms with Crippen LogP contribution >= 0.6 is 0 Å². The molecule has 3 N–H and O–H groups in total. The predicted molar refractivity (Wildman–Crippen MR) is 74.1 cm³/mol. The molecule has 0 aromatic heterocycles. The van der Waals surface area contributed by atoms with Crippen molar-refractivity contribution in [3.05, 3.63) is 35.6 Å². The zero-order valence-corrected chi connectivity index (χ0v) is 11.3. The molecule has 2 atom stereocenters. The summed E-state index contributed by atoms with van der Waals surface area (Å²) < 4.78 is 13.7. The minimum atomic E-state index is -0.145. The molecule has 0 saturated carbocycles. The molecule has 1 aromatic carbocycles. The van der Waals surface area contributed by atoms with Crippen LogP contribution in [0.5, 0.6) is 0 Å². The van der Waals surface area contributed by atoms with Crippen LogP contribution in [0.2, 0.25) is 0 Å². The van der Waals surface area contributed by atoms with Gasteiger partial charge < -0.3 is 10.8 Å². The second-order valence-corrected chi connectivity index (χ2v) is 5.51. The minimum Gasteiger partial charge on any atom is -0.396 e. The molecule has 1 fully saturated rings. The Labute approximate surface area is 114 Å². The number of nitrogens with two attached hydrogens (primary N) is 1. The van der Waals surface area contributed by atoms with E-state index in [0.29, 0.717) is 12.5 Å². The van der Waals surface area contributed by atoms with Crippen molar-refractivity contribution in [3.63, 3.8) is 0 Å². The van der Waals surface area contributed by atoms with Crippen molar-refractivity contribution in [2.24, 2.45) is 11.7 Å². The van der Waals surface area contributed by atoms with Gasteiger partial charge in [0, 0.05) is 37.8 Å². The number of aliphatic hydroxyl groups excluding tert-OH is 1. The van der Waals surface area contributed by atoms with Crippen molar-refractivity contribution in [1.82, 2.24) is 4.90 Å². The van der Waals surface area contributed by atoms with Crippen molar-refractivity contribution in [1.29, 1.82) is 0 Å². The zero-order chi connectivity index (χ0) is 13.7. The van der Waals surface area contributed by atoms with Crippen molar-refractivity contribution in [3.8, 4) is 0 Å². The third kappa shape index (κ3) is 4.27. The molecule has 2 unspecified atom stereocenters. The number of hydrogen-bond acceptors (Lipinski definition) is 3. The molecule has 0 bridgehead atoms. The standard InChI is InChI=1S/C15H23FN2O/c16-15-6-2-1-5-13(15)10-18-9-12(4-3-7-19)8-14(17)11-18/h1-2,5-6,12,14,19H,3-4,7-11,17H2. The van der Waals surface area contributed by atoms with Crippen molar-refractivity contribution >= 4 is 0 Å². The molecule has 1 aliphatic heterocycles. The molecule has 1 saturated heterocycles. The molecule has 3 nitrogen and oxygen atoms in total. The lowest BCUT2D eigenvalue weighted by molar-refractivity contribution is 0.136. The Morgan fingerprint density at radius 2 is 2.11 bits per heavy atom. The lowest BCUT2D eigenvalue weighted by atomic mass is 9.90. The van der Waals surface area contributed by atoms with E-state index >= 15 is 0 Å². The van der Waals surface area contributed by atoms with Gasteiger partial charge in [-0.1, -0.05) is 18.2 Å². The van der Waals surface area contributed by atoms with Crippen molar-refractivity contribution in [2.45, 2.75) is 31.8 Å². The lowest BCUT2D eigenvalue weighted by Gasteiger charge is -2.36. The van der Waals surface area contributed by atoms with E-state index in [2.05, 4.69) is 4.90 Å². The van der Waals surface area contributed by atoms with Crippen LogP contribution in [0.1, 0.15) is 24.8 Å². The highest BCUT2D eigenvalue weighted by Crippen LogP contribution is 2.22. The maximum Gasteiger partial charge on any atom is 0.127 e. The van der Waals surface area contributed by atoms with E-state index < -0.39 is 0 Å². The van der Waals surface area contributed by atoms with E-state index in [1.807, 2.05) is 12.1 Å². The number of hydrogen-bond donors (Lipinski definition) is 2. The molecular weight excluding hydrogens is 243 g/mol. The number of aliphatic hydroxyl groups is 1. The first-order valence-corrected chi connectivity index (χ1v) is 7.01. The Kier molecular flexibility index (Phi) is 5.31. The minimum absolute atomic E-state index is 0.145. The van der Waals surface area contributed by atoms with Gasteiger partial charge in [0.15, 0.2) is 0 Å². The van der Waals surface area contributed by atoms with E-state index in [0.717, 1.165) is 37.9 Å². The average molecular weight is 266 g/mol. The van der Waals surface area contributed by atoms with Gasteiger partial charge in [-0.25, -0.2) is 4.39 Å². The maximum absolute atomic E-state index is 13.7. The van der Waals surface area contributed by atoms with Crippen LogP contribution in [-0.4, -0.2) is 35.7 Å². The Balaban J connectivity index is 1.94. The molecule has 106 valence electrons. The fourth-order valence-electron chi connectivity index (χ4n) is 2.93. The summed E-state index contributed by atoms with van der Waals surface area (Å²) in [6.45, 7) is 2.63. The molecule has 0 radical (unpaired) electrons. The van der Waals surface area contributed by atoms with Crippen molar-refractivity contribution in [2.75, 3.05) is 19.7 Å². The quantitative estimate of drug-likeness (QED) is 0.853. The summed E-state index contributed by atoms with van der Waals surface area (Å²) in [6, 6.07) is 7.07. The molecule has 1 aromatic rings. The first-order chi connectivity index (χ1) is 9.19. The molecular formula is C15H23FN2O. The zero-order valence-electron chi connectivity index (χ0n) is 11.3. The Morgan fingerprint density at radius 1 is 1.32 bits per heavy atom. The normalized spacial score (nSPS) is 24.6. The molecule has 4 heteroatoms. The van der Waals surface area contributed by atoms with E-state index in [1.165, 1.54) is 6.07 Å². The van der Waals surface area contributed by atoms with Crippen LogP contribution in [0.3, 0.4) is 0 Å². The number of benzene rings is 1. The van der Waals surface area contributed by atoms with E-state index in [-0.39, 0.29) is 18.5 Å². The third-order valence-electron chi connectivity index (χ3n) is 3.77. The number of nitrogens with zero attached hydrogens (tertiary/aromatic N) is 1. The largest absolute Gasteiger partial charge is 0.396 e. The van der Waals surface area contributed by atoms with E-state index in [9.17, 15) is 4.39 Å². The van der Waals surface area contributed by atoms with Gasteiger partial charge in [-0.2, -0.15) is 0 Å². The number of likely N-dealkylation sites (tertiary alicyclic amines) is 1. The smallest absolute Gasteiger partial charge is 0.127 e. The second-order valence-electron chi connectivity index (χ2n) is 5.51. The number of halogens is 1. The average Bonchev–Trinajstić information content (AvgIpc) is 2.38. The Morgan fingerprint density at radius 3 is 2.84 bits per heavy atom. The molecule has 0 aliphatic carbocycles. The lowest BCUT2D eigenvalue weighted by Crippen LogP contribution is -2.46. The molecule has 1 aliphatic rings. The van der Waals surface area contributed by atoms with E-state index in [4.69, 9.17) is 10.8 Å². The third-order valence-corrected chi connectivity index (χ3v) is 3.77. The van der Waals surface area contributed by atoms with Gasteiger partial charge in [-0.15, -0.1) is 0 Å². The SMILES string of the molecule is NC1CC(CCCO)CN(Cc2ccccc2F)C1. The van der Waals surface area contributed by atoms with Crippen LogP contribution < -0.4 is 5.73 Å². The summed E-state index contributed by atoms with van der Waals surface area (Å²) in [5.41, 5.74) is 6.81. The predicted octanol–water partition coefficient (Wildman–Crippen LogP) is 1.75.